The van der Waals surface area contributed by atoms with Crippen molar-refractivity contribution < 1.29 is 0 Å². The van der Waals surface area contributed by atoms with Gasteiger partial charge in [-0.3, -0.25) is 0 Å². The Morgan fingerprint density at radius 3 is 2.53 bits per heavy atom. The van der Waals surface area contributed by atoms with Crippen molar-refractivity contribution in [3.8, 4) is 11.4 Å². The number of rotatable bonds is 1. The van der Waals surface area contributed by atoms with Gasteiger partial charge in [-0.05, 0) is 19.1 Å². The minimum absolute atomic E-state index is 0.890. The first-order chi connectivity index (χ1) is 8.24. The van der Waals surface area contributed by atoms with E-state index in [4.69, 9.17) is 0 Å². The topological polar surface area (TPSA) is 28.7 Å². The van der Waals surface area contributed by atoms with Crippen LogP contribution in [0, 0.1) is 6.92 Å². The van der Waals surface area contributed by atoms with Crippen LogP contribution in [0.15, 0.2) is 47.4 Å². The van der Waals surface area contributed by atoms with E-state index < -0.39 is 0 Å². The van der Waals surface area contributed by atoms with Crippen molar-refractivity contribution in [2.75, 3.05) is 0 Å². The molecule has 0 aliphatic rings. The van der Waals surface area contributed by atoms with Crippen molar-refractivity contribution in [3.63, 3.8) is 0 Å². The summed E-state index contributed by atoms with van der Waals surface area (Å²) in [6, 6.07) is 14.3. The van der Waals surface area contributed by atoms with E-state index >= 15 is 0 Å². The Bertz CT molecular complexity index is 668. The molecule has 3 heteroatoms. The van der Waals surface area contributed by atoms with E-state index in [9.17, 15) is 0 Å². The fourth-order valence-corrected chi connectivity index (χ4v) is 2.12. The van der Waals surface area contributed by atoms with Crippen LogP contribution in [0.2, 0.25) is 0 Å². The van der Waals surface area contributed by atoms with Gasteiger partial charge < -0.3 is 4.98 Å². The van der Waals surface area contributed by atoms with Crippen LogP contribution in [0.1, 0.15) is 5.56 Å². The number of para-hydroxylation sites is 1. The first kappa shape index (κ1) is 10.4. The number of H-pyrrole nitrogens is 1. The lowest BCUT2D eigenvalue weighted by molar-refractivity contribution is 1.32. The lowest BCUT2D eigenvalue weighted by Crippen LogP contribution is -1.80. The smallest absolute Gasteiger partial charge is 0.138 e. The molecule has 84 valence electrons. The summed E-state index contributed by atoms with van der Waals surface area (Å²) in [5.74, 6) is 0.890. The predicted octanol–water partition coefficient (Wildman–Crippen LogP) is 3.83. The summed E-state index contributed by atoms with van der Waals surface area (Å²) in [5.41, 5.74) is 4.29. The molecule has 17 heavy (non-hydrogen) atoms. The van der Waals surface area contributed by atoms with Crippen molar-refractivity contribution in [2.24, 2.45) is 0 Å². The van der Waals surface area contributed by atoms with Gasteiger partial charge in [-0.2, -0.15) is 0 Å². The molecule has 1 N–H and O–H groups in total. The summed E-state index contributed by atoms with van der Waals surface area (Å²) in [6.45, 7) is 2.08. The number of aromatic nitrogens is 2. The molecular formula is C14H12N2S. The Morgan fingerprint density at radius 1 is 1.06 bits per heavy atom. The maximum absolute atomic E-state index is 4.58. The molecule has 2 nitrogen and oxygen atoms in total. The molecule has 0 atom stereocenters. The van der Waals surface area contributed by atoms with Crippen LogP contribution >= 0.6 is 12.6 Å². The molecule has 0 spiro atoms. The van der Waals surface area contributed by atoms with Crippen LogP contribution in [-0.2, 0) is 0 Å². The number of nitrogens with zero attached hydrogens (tertiary/aromatic N) is 1. The molecule has 0 unspecified atom stereocenters. The van der Waals surface area contributed by atoms with Gasteiger partial charge in [0, 0.05) is 10.5 Å². The van der Waals surface area contributed by atoms with Crippen LogP contribution in [0.25, 0.3) is 22.4 Å². The zero-order valence-electron chi connectivity index (χ0n) is 9.44. The monoisotopic (exact) mass is 240 g/mol. The van der Waals surface area contributed by atoms with Crippen molar-refractivity contribution in [1.29, 1.82) is 0 Å². The summed E-state index contributed by atoms with van der Waals surface area (Å²) < 4.78 is 0. The maximum atomic E-state index is 4.58. The number of thiol groups is 1. The van der Waals surface area contributed by atoms with Crippen LogP contribution in [-0.4, -0.2) is 9.97 Å². The molecule has 0 saturated carbocycles. The Kier molecular flexibility index (Phi) is 2.41. The quantitative estimate of drug-likeness (QED) is 0.622. The molecule has 0 aliphatic carbocycles. The van der Waals surface area contributed by atoms with Gasteiger partial charge in [0.25, 0.3) is 0 Å². The van der Waals surface area contributed by atoms with Crippen LogP contribution in [0.4, 0.5) is 0 Å². The average molecular weight is 240 g/mol. The molecule has 0 fully saturated rings. The average Bonchev–Trinajstić information content (AvgIpc) is 2.75. The molecule has 1 heterocycles. The number of imidazole rings is 1. The Labute approximate surface area is 105 Å². The fraction of sp³-hybridized carbons (Fsp3) is 0.0714. The Balaban J connectivity index is 2.18. The number of fused-ring (bicyclic) bond motifs is 1. The summed E-state index contributed by atoms with van der Waals surface area (Å²) in [7, 11) is 0. The molecule has 0 aliphatic heterocycles. The minimum atomic E-state index is 0.890. The molecule has 3 rings (SSSR count). The summed E-state index contributed by atoms with van der Waals surface area (Å²) in [6.07, 6.45) is 0. The first-order valence-electron chi connectivity index (χ1n) is 5.49. The van der Waals surface area contributed by atoms with Gasteiger partial charge in [0.1, 0.15) is 11.3 Å². The van der Waals surface area contributed by atoms with Crippen LogP contribution in [0.3, 0.4) is 0 Å². The molecule has 0 radical (unpaired) electrons. The molecular weight excluding hydrogens is 228 g/mol. The van der Waals surface area contributed by atoms with E-state index in [1.807, 2.05) is 18.2 Å². The third kappa shape index (κ3) is 1.83. The second-order valence-corrected chi connectivity index (χ2v) is 4.61. The Morgan fingerprint density at radius 2 is 1.82 bits per heavy atom. The van der Waals surface area contributed by atoms with Gasteiger partial charge in [0.05, 0.1) is 5.52 Å². The van der Waals surface area contributed by atoms with Gasteiger partial charge in [-0.25, -0.2) is 4.98 Å². The molecule has 0 saturated heterocycles. The van der Waals surface area contributed by atoms with Gasteiger partial charge >= 0.3 is 0 Å². The van der Waals surface area contributed by atoms with Crippen molar-refractivity contribution in [1.82, 2.24) is 9.97 Å². The van der Waals surface area contributed by atoms with Crippen molar-refractivity contribution in [3.05, 3.63) is 48.0 Å². The van der Waals surface area contributed by atoms with Gasteiger partial charge in [0.15, 0.2) is 0 Å². The van der Waals surface area contributed by atoms with E-state index in [-0.39, 0.29) is 0 Å². The molecule has 1 aromatic heterocycles. The highest BCUT2D eigenvalue weighted by atomic mass is 32.1. The summed E-state index contributed by atoms with van der Waals surface area (Å²) in [4.78, 5) is 8.79. The highest BCUT2D eigenvalue weighted by molar-refractivity contribution is 7.80. The SMILES string of the molecule is Cc1ccc(-c2nc3c(S)cccc3[nH]2)cc1. The highest BCUT2D eigenvalue weighted by Crippen LogP contribution is 2.24. The molecule has 3 aromatic rings. The predicted molar refractivity (Wildman–Crippen MR) is 73.5 cm³/mol. The second-order valence-electron chi connectivity index (χ2n) is 4.12. The number of hydrogen-bond acceptors (Lipinski definition) is 2. The van der Waals surface area contributed by atoms with Crippen molar-refractivity contribution >= 4 is 23.7 Å². The van der Waals surface area contributed by atoms with Gasteiger partial charge in [-0.1, -0.05) is 35.9 Å². The zero-order valence-corrected chi connectivity index (χ0v) is 10.3. The van der Waals surface area contributed by atoms with E-state index in [0.29, 0.717) is 0 Å². The van der Waals surface area contributed by atoms with E-state index in [0.717, 1.165) is 27.3 Å². The van der Waals surface area contributed by atoms with E-state index in [1.165, 1.54) is 5.56 Å². The maximum Gasteiger partial charge on any atom is 0.138 e. The number of aromatic amines is 1. The summed E-state index contributed by atoms with van der Waals surface area (Å²) >= 11 is 4.41. The zero-order chi connectivity index (χ0) is 11.8. The number of aryl methyl sites for hydroxylation is 1. The van der Waals surface area contributed by atoms with Crippen LogP contribution < -0.4 is 0 Å². The van der Waals surface area contributed by atoms with Gasteiger partial charge in [0.2, 0.25) is 0 Å². The Hall–Kier alpha value is -1.74. The first-order valence-corrected chi connectivity index (χ1v) is 5.93. The standard InChI is InChI=1S/C14H12N2S/c1-9-5-7-10(8-6-9)14-15-11-3-2-4-12(17)13(11)16-14/h2-8,17H,1H3,(H,15,16). The third-order valence-electron chi connectivity index (χ3n) is 2.82. The second kappa shape index (κ2) is 3.93. The fourth-order valence-electron chi connectivity index (χ4n) is 1.87. The van der Waals surface area contributed by atoms with Crippen LogP contribution in [0.5, 0.6) is 0 Å². The lowest BCUT2D eigenvalue weighted by Gasteiger charge is -1.96. The van der Waals surface area contributed by atoms with E-state index in [2.05, 4.69) is 53.8 Å². The summed E-state index contributed by atoms with van der Waals surface area (Å²) in [5, 5.41) is 0. The number of nitrogens with one attached hydrogen (secondary N) is 1. The van der Waals surface area contributed by atoms with Crippen molar-refractivity contribution in [2.45, 2.75) is 11.8 Å². The number of benzene rings is 2. The third-order valence-corrected chi connectivity index (χ3v) is 3.18. The minimum Gasteiger partial charge on any atom is -0.338 e. The molecule has 2 aromatic carbocycles. The van der Waals surface area contributed by atoms with E-state index in [1.54, 1.807) is 0 Å². The lowest BCUT2D eigenvalue weighted by atomic mass is 10.1. The normalized spacial score (nSPS) is 10.9. The molecule has 0 bridgehead atoms. The highest BCUT2D eigenvalue weighted by Gasteiger charge is 2.06. The number of hydrogen-bond donors (Lipinski definition) is 2. The van der Waals surface area contributed by atoms with Gasteiger partial charge in [-0.15, -0.1) is 12.6 Å². The molecule has 0 amide bonds. The largest absolute Gasteiger partial charge is 0.338 e.